The van der Waals surface area contributed by atoms with Gasteiger partial charge < -0.3 is 5.73 Å². The van der Waals surface area contributed by atoms with Gasteiger partial charge in [0.05, 0.1) is 0 Å². The number of rotatable bonds is 4. The molecule has 2 aromatic carbocycles. The highest BCUT2D eigenvalue weighted by Gasteiger charge is 2.05. The van der Waals surface area contributed by atoms with E-state index in [-0.39, 0.29) is 6.04 Å². The van der Waals surface area contributed by atoms with Crippen LogP contribution in [0.25, 0.3) is 0 Å². The molecule has 0 saturated heterocycles. The molecule has 1 nitrogen and oxygen atoms in total. The molecule has 1 unspecified atom stereocenters. The highest BCUT2D eigenvalue weighted by Crippen LogP contribution is 2.27. The first-order chi connectivity index (χ1) is 9.47. The second-order valence-electron chi connectivity index (χ2n) is 5.52. The molecule has 2 rings (SSSR count). The average Bonchev–Trinajstić information content (AvgIpc) is 2.38. The summed E-state index contributed by atoms with van der Waals surface area (Å²) in [6.07, 6.45) is 0. The van der Waals surface area contributed by atoms with Crippen LogP contribution in [-0.2, 0) is 5.75 Å². The Balaban J connectivity index is 2.09. The molecule has 2 heteroatoms. The first kappa shape index (κ1) is 15.1. The van der Waals surface area contributed by atoms with E-state index in [0.717, 1.165) is 5.75 Å². The van der Waals surface area contributed by atoms with Gasteiger partial charge >= 0.3 is 0 Å². The van der Waals surface area contributed by atoms with Crippen molar-refractivity contribution in [2.75, 3.05) is 0 Å². The number of benzene rings is 2. The van der Waals surface area contributed by atoms with Crippen molar-refractivity contribution in [1.29, 1.82) is 0 Å². The molecule has 0 aromatic heterocycles. The second kappa shape index (κ2) is 6.47. The van der Waals surface area contributed by atoms with E-state index in [1.807, 2.05) is 18.7 Å². The van der Waals surface area contributed by atoms with E-state index in [1.165, 1.54) is 32.7 Å². The Kier molecular flexibility index (Phi) is 4.90. The van der Waals surface area contributed by atoms with Gasteiger partial charge in [-0.3, -0.25) is 0 Å². The number of hydrogen-bond donors (Lipinski definition) is 1. The molecule has 0 heterocycles. The van der Waals surface area contributed by atoms with Crippen LogP contribution in [0.4, 0.5) is 0 Å². The molecule has 1 atom stereocenters. The van der Waals surface area contributed by atoms with E-state index in [1.54, 1.807) is 0 Å². The molecule has 0 aliphatic carbocycles. The van der Waals surface area contributed by atoms with Crippen LogP contribution in [0.2, 0.25) is 0 Å². The van der Waals surface area contributed by atoms with Gasteiger partial charge in [0.1, 0.15) is 0 Å². The third-order valence-electron chi connectivity index (χ3n) is 3.63. The zero-order valence-corrected chi connectivity index (χ0v) is 13.6. The molecule has 0 amide bonds. The maximum absolute atomic E-state index is 5.88. The fraction of sp³-hybridized carbons (Fsp3) is 0.333. The Morgan fingerprint density at radius 2 is 1.55 bits per heavy atom. The number of hydrogen-bond acceptors (Lipinski definition) is 2. The molecule has 0 aliphatic heterocycles. The predicted octanol–water partition coefficient (Wildman–Crippen LogP) is 4.92. The second-order valence-corrected chi connectivity index (χ2v) is 6.57. The standard InChI is InChI=1S/C18H23NS/c1-12-9-13(2)18(14(3)10-12)11-20-17-7-5-16(6-8-17)15(4)19/h5-10,15H,11,19H2,1-4H3. The van der Waals surface area contributed by atoms with Gasteiger partial charge in [-0.2, -0.15) is 0 Å². The monoisotopic (exact) mass is 285 g/mol. The van der Waals surface area contributed by atoms with E-state index < -0.39 is 0 Å². The fourth-order valence-electron chi connectivity index (χ4n) is 2.46. The van der Waals surface area contributed by atoms with E-state index in [9.17, 15) is 0 Å². The van der Waals surface area contributed by atoms with E-state index in [2.05, 4.69) is 57.2 Å². The Morgan fingerprint density at radius 1 is 1.00 bits per heavy atom. The molecule has 0 fully saturated rings. The third-order valence-corrected chi connectivity index (χ3v) is 4.67. The average molecular weight is 285 g/mol. The summed E-state index contributed by atoms with van der Waals surface area (Å²) in [5.74, 6) is 1.02. The summed E-state index contributed by atoms with van der Waals surface area (Å²) in [6.45, 7) is 8.58. The normalized spacial score (nSPS) is 12.4. The molecule has 0 saturated carbocycles. The van der Waals surface area contributed by atoms with Crippen LogP contribution >= 0.6 is 11.8 Å². The fourth-order valence-corrected chi connectivity index (χ4v) is 3.56. The summed E-state index contributed by atoms with van der Waals surface area (Å²) >= 11 is 1.89. The summed E-state index contributed by atoms with van der Waals surface area (Å²) in [7, 11) is 0. The lowest BCUT2D eigenvalue weighted by molar-refractivity contribution is 0.817. The Labute approximate surface area is 126 Å². The minimum atomic E-state index is 0.107. The van der Waals surface area contributed by atoms with Crippen LogP contribution in [0.1, 0.15) is 40.8 Å². The summed E-state index contributed by atoms with van der Waals surface area (Å²) in [4.78, 5) is 1.30. The van der Waals surface area contributed by atoms with Gasteiger partial charge in [-0.1, -0.05) is 29.8 Å². The highest BCUT2D eigenvalue weighted by atomic mass is 32.2. The molecule has 0 aliphatic rings. The van der Waals surface area contributed by atoms with E-state index in [0.29, 0.717) is 0 Å². The molecule has 2 aromatic rings. The topological polar surface area (TPSA) is 26.0 Å². The lowest BCUT2D eigenvalue weighted by atomic mass is 10.0. The summed E-state index contributed by atoms with van der Waals surface area (Å²) in [6, 6.07) is 13.2. The minimum Gasteiger partial charge on any atom is -0.324 e. The van der Waals surface area contributed by atoms with Crippen molar-refractivity contribution >= 4 is 11.8 Å². The SMILES string of the molecule is Cc1cc(C)c(CSc2ccc(C(C)N)cc2)c(C)c1. The molecule has 2 N–H and O–H groups in total. The van der Waals surface area contributed by atoms with Crippen molar-refractivity contribution in [2.24, 2.45) is 5.73 Å². The lowest BCUT2D eigenvalue weighted by Gasteiger charge is -2.12. The molecular weight excluding hydrogens is 262 g/mol. The minimum absolute atomic E-state index is 0.107. The largest absolute Gasteiger partial charge is 0.324 e. The Hall–Kier alpha value is -1.25. The van der Waals surface area contributed by atoms with Crippen molar-refractivity contribution in [3.63, 3.8) is 0 Å². The molecular formula is C18H23NS. The van der Waals surface area contributed by atoms with Crippen LogP contribution in [-0.4, -0.2) is 0 Å². The van der Waals surface area contributed by atoms with Crippen LogP contribution < -0.4 is 5.73 Å². The summed E-state index contributed by atoms with van der Waals surface area (Å²) in [5, 5.41) is 0. The molecule has 106 valence electrons. The zero-order chi connectivity index (χ0) is 14.7. The van der Waals surface area contributed by atoms with Crippen LogP contribution in [0.5, 0.6) is 0 Å². The van der Waals surface area contributed by atoms with Gasteiger partial charge in [-0.15, -0.1) is 11.8 Å². The smallest absolute Gasteiger partial charge is 0.0266 e. The first-order valence-electron chi connectivity index (χ1n) is 7.02. The van der Waals surface area contributed by atoms with Crippen LogP contribution in [0.3, 0.4) is 0 Å². The molecule has 0 radical (unpaired) electrons. The predicted molar refractivity (Wildman–Crippen MR) is 89.3 cm³/mol. The van der Waals surface area contributed by atoms with Gasteiger partial charge in [0.2, 0.25) is 0 Å². The maximum atomic E-state index is 5.88. The quantitative estimate of drug-likeness (QED) is 0.807. The molecule has 20 heavy (non-hydrogen) atoms. The van der Waals surface area contributed by atoms with Crippen LogP contribution in [0, 0.1) is 20.8 Å². The van der Waals surface area contributed by atoms with E-state index in [4.69, 9.17) is 5.73 Å². The Morgan fingerprint density at radius 3 is 2.05 bits per heavy atom. The van der Waals surface area contributed by atoms with Gasteiger partial charge in [0, 0.05) is 16.7 Å². The van der Waals surface area contributed by atoms with Gasteiger partial charge in [0.15, 0.2) is 0 Å². The van der Waals surface area contributed by atoms with E-state index >= 15 is 0 Å². The van der Waals surface area contributed by atoms with Gasteiger partial charge in [-0.25, -0.2) is 0 Å². The summed E-state index contributed by atoms with van der Waals surface area (Å²) < 4.78 is 0. The van der Waals surface area contributed by atoms with Gasteiger partial charge in [0.25, 0.3) is 0 Å². The number of aryl methyl sites for hydroxylation is 3. The van der Waals surface area contributed by atoms with Crippen molar-refractivity contribution in [3.05, 3.63) is 64.2 Å². The zero-order valence-electron chi connectivity index (χ0n) is 12.7. The highest BCUT2D eigenvalue weighted by molar-refractivity contribution is 7.98. The third kappa shape index (κ3) is 3.65. The summed E-state index contributed by atoms with van der Waals surface area (Å²) in [5.41, 5.74) is 12.6. The lowest BCUT2D eigenvalue weighted by Crippen LogP contribution is -2.04. The molecule has 0 spiro atoms. The number of thioether (sulfide) groups is 1. The van der Waals surface area contributed by atoms with Crippen molar-refractivity contribution in [1.82, 2.24) is 0 Å². The Bertz CT molecular complexity index is 562. The molecule has 0 bridgehead atoms. The first-order valence-corrected chi connectivity index (χ1v) is 8.01. The van der Waals surface area contributed by atoms with Crippen molar-refractivity contribution < 1.29 is 0 Å². The number of nitrogens with two attached hydrogens (primary N) is 1. The van der Waals surface area contributed by atoms with Crippen LogP contribution in [0.15, 0.2) is 41.3 Å². The van der Waals surface area contributed by atoms with Gasteiger partial charge in [-0.05, 0) is 62.1 Å². The van der Waals surface area contributed by atoms with Crippen molar-refractivity contribution in [2.45, 2.75) is 44.4 Å². The maximum Gasteiger partial charge on any atom is 0.0266 e. The van der Waals surface area contributed by atoms with Crippen molar-refractivity contribution in [3.8, 4) is 0 Å².